The van der Waals surface area contributed by atoms with Crippen molar-refractivity contribution in [1.29, 1.82) is 0 Å². The molecule has 3 N–H and O–H groups in total. The fraction of sp³-hybridized carbons (Fsp3) is 0.571. The van der Waals surface area contributed by atoms with Crippen LogP contribution in [0.3, 0.4) is 0 Å². The highest BCUT2D eigenvalue weighted by Crippen LogP contribution is 2.28. The van der Waals surface area contributed by atoms with Gasteiger partial charge in [-0.3, -0.25) is 0 Å². The van der Waals surface area contributed by atoms with Crippen molar-refractivity contribution < 1.29 is 13.5 Å². The smallest absolute Gasteiger partial charge is 0.243 e. The summed E-state index contributed by atoms with van der Waals surface area (Å²) in [5.74, 6) is 0.257. The number of hydrogen-bond acceptors (Lipinski definition) is 4. The number of benzene rings is 1. The first-order valence-corrected chi connectivity index (χ1v) is 8.33. The molecular formula is C14H22N2O3S. The van der Waals surface area contributed by atoms with E-state index in [0.29, 0.717) is 31.0 Å². The maximum absolute atomic E-state index is 12.7. The SMILES string of the molecule is Cc1ccc(CN)cc1S(=O)(=O)N1CCC(CCO)C1. The molecule has 0 spiro atoms. The zero-order valence-electron chi connectivity index (χ0n) is 11.7. The van der Waals surface area contributed by atoms with Crippen molar-refractivity contribution in [1.82, 2.24) is 4.31 Å². The van der Waals surface area contributed by atoms with Crippen molar-refractivity contribution in [3.63, 3.8) is 0 Å². The van der Waals surface area contributed by atoms with Gasteiger partial charge in [0.15, 0.2) is 0 Å². The fourth-order valence-corrected chi connectivity index (χ4v) is 4.43. The second-order valence-electron chi connectivity index (χ2n) is 5.33. The molecule has 0 bridgehead atoms. The van der Waals surface area contributed by atoms with Gasteiger partial charge in [0.25, 0.3) is 0 Å². The van der Waals surface area contributed by atoms with Crippen LogP contribution in [0.1, 0.15) is 24.0 Å². The molecule has 5 nitrogen and oxygen atoms in total. The molecule has 0 aromatic heterocycles. The Morgan fingerprint density at radius 1 is 1.45 bits per heavy atom. The molecule has 1 saturated heterocycles. The highest BCUT2D eigenvalue weighted by Gasteiger charge is 2.33. The van der Waals surface area contributed by atoms with Crippen LogP contribution in [0.2, 0.25) is 0 Å². The monoisotopic (exact) mass is 298 g/mol. The van der Waals surface area contributed by atoms with Gasteiger partial charge in [0, 0.05) is 26.2 Å². The number of sulfonamides is 1. The summed E-state index contributed by atoms with van der Waals surface area (Å²) in [6, 6.07) is 5.33. The van der Waals surface area contributed by atoms with E-state index in [2.05, 4.69) is 0 Å². The molecule has 1 aromatic carbocycles. The van der Waals surface area contributed by atoms with E-state index in [4.69, 9.17) is 10.8 Å². The van der Waals surface area contributed by atoms with Crippen molar-refractivity contribution in [3.8, 4) is 0 Å². The standard InChI is InChI=1S/C14H22N2O3S/c1-11-2-3-13(9-15)8-14(11)20(18,19)16-6-4-12(10-16)5-7-17/h2-3,8,12,17H,4-7,9-10,15H2,1H3. The van der Waals surface area contributed by atoms with Crippen LogP contribution in [-0.2, 0) is 16.6 Å². The number of rotatable bonds is 5. The maximum Gasteiger partial charge on any atom is 0.243 e. The first-order valence-electron chi connectivity index (χ1n) is 6.89. The predicted octanol–water partition coefficient (Wildman–Crippen LogP) is 0.847. The van der Waals surface area contributed by atoms with E-state index < -0.39 is 10.0 Å². The van der Waals surface area contributed by atoms with Crippen LogP contribution < -0.4 is 5.73 Å². The minimum Gasteiger partial charge on any atom is -0.396 e. The number of aryl methyl sites for hydroxylation is 1. The Morgan fingerprint density at radius 3 is 2.85 bits per heavy atom. The summed E-state index contributed by atoms with van der Waals surface area (Å²) in [6.45, 7) is 3.26. The Hall–Kier alpha value is -0.950. The molecule has 1 aliphatic heterocycles. The molecule has 0 radical (unpaired) electrons. The van der Waals surface area contributed by atoms with Gasteiger partial charge in [0.05, 0.1) is 4.90 Å². The van der Waals surface area contributed by atoms with Crippen molar-refractivity contribution in [2.45, 2.75) is 31.2 Å². The normalized spacial score (nSPS) is 20.4. The summed E-state index contributed by atoms with van der Waals surface area (Å²) in [5, 5.41) is 8.96. The van der Waals surface area contributed by atoms with Gasteiger partial charge >= 0.3 is 0 Å². The third-order valence-corrected chi connectivity index (χ3v) is 5.90. The Bertz CT molecular complexity index is 572. The lowest BCUT2D eigenvalue weighted by atomic mass is 10.1. The van der Waals surface area contributed by atoms with Crippen molar-refractivity contribution in [2.24, 2.45) is 11.7 Å². The highest BCUT2D eigenvalue weighted by molar-refractivity contribution is 7.89. The number of hydrogen-bond donors (Lipinski definition) is 2. The molecule has 2 rings (SSSR count). The largest absolute Gasteiger partial charge is 0.396 e. The molecule has 1 heterocycles. The lowest BCUT2D eigenvalue weighted by Gasteiger charge is -2.18. The van der Waals surface area contributed by atoms with Crippen molar-refractivity contribution in [3.05, 3.63) is 29.3 Å². The predicted molar refractivity (Wildman–Crippen MR) is 77.6 cm³/mol. The van der Waals surface area contributed by atoms with Gasteiger partial charge in [-0.2, -0.15) is 4.31 Å². The Kier molecular flexibility index (Phi) is 4.80. The topological polar surface area (TPSA) is 83.6 Å². The summed E-state index contributed by atoms with van der Waals surface area (Å²) in [7, 11) is -3.46. The van der Waals surface area contributed by atoms with Crippen LogP contribution in [-0.4, -0.2) is 37.5 Å². The summed E-state index contributed by atoms with van der Waals surface area (Å²) in [4.78, 5) is 0.352. The minimum absolute atomic E-state index is 0.111. The van der Waals surface area contributed by atoms with E-state index in [9.17, 15) is 8.42 Å². The number of nitrogens with two attached hydrogens (primary N) is 1. The lowest BCUT2D eigenvalue weighted by Crippen LogP contribution is -2.29. The van der Waals surface area contributed by atoms with Gasteiger partial charge in [0.1, 0.15) is 0 Å². The minimum atomic E-state index is -3.46. The highest BCUT2D eigenvalue weighted by atomic mass is 32.2. The molecular weight excluding hydrogens is 276 g/mol. The third-order valence-electron chi connectivity index (χ3n) is 3.89. The molecule has 1 fully saturated rings. The number of aliphatic hydroxyl groups is 1. The van der Waals surface area contributed by atoms with Crippen LogP contribution in [0.25, 0.3) is 0 Å². The van der Waals surface area contributed by atoms with E-state index in [0.717, 1.165) is 17.5 Å². The molecule has 112 valence electrons. The Labute approximate surface area is 120 Å². The molecule has 0 amide bonds. The molecule has 1 unspecified atom stereocenters. The molecule has 6 heteroatoms. The molecule has 1 aromatic rings. The zero-order chi connectivity index (χ0) is 14.8. The van der Waals surface area contributed by atoms with Crippen molar-refractivity contribution >= 4 is 10.0 Å². The Morgan fingerprint density at radius 2 is 2.20 bits per heavy atom. The van der Waals surface area contributed by atoms with Crippen LogP contribution in [0.4, 0.5) is 0 Å². The summed E-state index contributed by atoms with van der Waals surface area (Å²) >= 11 is 0. The lowest BCUT2D eigenvalue weighted by molar-refractivity contribution is 0.259. The van der Waals surface area contributed by atoms with Crippen LogP contribution in [0.15, 0.2) is 23.1 Å². The van der Waals surface area contributed by atoms with E-state index in [-0.39, 0.29) is 12.5 Å². The van der Waals surface area contributed by atoms with Crippen LogP contribution in [0.5, 0.6) is 0 Å². The van der Waals surface area contributed by atoms with Crippen LogP contribution >= 0.6 is 0 Å². The third kappa shape index (κ3) is 3.03. The van der Waals surface area contributed by atoms with Gasteiger partial charge in [-0.25, -0.2) is 8.42 Å². The van der Waals surface area contributed by atoms with E-state index in [1.165, 1.54) is 4.31 Å². The average Bonchev–Trinajstić information content (AvgIpc) is 2.89. The van der Waals surface area contributed by atoms with Gasteiger partial charge in [-0.1, -0.05) is 12.1 Å². The molecule has 0 aliphatic carbocycles. The van der Waals surface area contributed by atoms with Crippen molar-refractivity contribution in [2.75, 3.05) is 19.7 Å². The van der Waals surface area contributed by atoms with Gasteiger partial charge in [0.2, 0.25) is 10.0 Å². The molecule has 1 atom stereocenters. The summed E-state index contributed by atoms with van der Waals surface area (Å²) in [6.07, 6.45) is 1.48. The second kappa shape index (κ2) is 6.22. The van der Waals surface area contributed by atoms with E-state index in [1.807, 2.05) is 6.07 Å². The molecule has 20 heavy (non-hydrogen) atoms. The summed E-state index contributed by atoms with van der Waals surface area (Å²) < 4.78 is 26.9. The maximum atomic E-state index is 12.7. The first kappa shape index (κ1) is 15.4. The van der Waals surface area contributed by atoms with E-state index in [1.54, 1.807) is 19.1 Å². The molecule has 1 aliphatic rings. The van der Waals surface area contributed by atoms with Gasteiger partial charge in [-0.05, 0) is 42.9 Å². The number of aliphatic hydroxyl groups excluding tert-OH is 1. The van der Waals surface area contributed by atoms with Gasteiger partial charge in [-0.15, -0.1) is 0 Å². The first-order chi connectivity index (χ1) is 9.48. The Balaban J connectivity index is 2.27. The quantitative estimate of drug-likeness (QED) is 0.844. The average molecular weight is 298 g/mol. The zero-order valence-corrected chi connectivity index (χ0v) is 12.6. The summed E-state index contributed by atoms with van der Waals surface area (Å²) in [5.41, 5.74) is 7.15. The van der Waals surface area contributed by atoms with Crippen LogP contribution in [0, 0.1) is 12.8 Å². The fourth-order valence-electron chi connectivity index (χ4n) is 2.62. The van der Waals surface area contributed by atoms with Gasteiger partial charge < -0.3 is 10.8 Å². The molecule has 0 saturated carbocycles. The second-order valence-corrected chi connectivity index (χ2v) is 7.24. The van der Waals surface area contributed by atoms with E-state index >= 15 is 0 Å². The number of nitrogens with zero attached hydrogens (tertiary/aromatic N) is 1.